The van der Waals surface area contributed by atoms with Crippen molar-refractivity contribution in [3.05, 3.63) is 28.8 Å². The highest BCUT2D eigenvalue weighted by atomic mass is 35.5. The van der Waals surface area contributed by atoms with Gasteiger partial charge in [-0.05, 0) is 24.1 Å². The van der Waals surface area contributed by atoms with E-state index < -0.39 is 27.9 Å². The molecule has 1 N–H and O–H groups in total. The first-order valence-corrected chi connectivity index (χ1v) is 10.6. The fraction of sp³-hybridized carbons (Fsp3) is 0.556. The first-order valence-electron chi connectivity index (χ1n) is 8.82. The second kappa shape index (κ2) is 10.1. The van der Waals surface area contributed by atoms with Crippen LogP contribution in [0.25, 0.3) is 0 Å². The third kappa shape index (κ3) is 5.43. The van der Waals surface area contributed by atoms with Crippen molar-refractivity contribution in [3.63, 3.8) is 0 Å². The summed E-state index contributed by atoms with van der Waals surface area (Å²) < 4.78 is 31.5. The second-order valence-electron chi connectivity index (χ2n) is 6.09. The van der Waals surface area contributed by atoms with Gasteiger partial charge in [0.25, 0.3) is 5.91 Å². The Morgan fingerprint density at radius 1 is 1.22 bits per heavy atom. The molecule has 0 heterocycles. The molecule has 0 aliphatic heterocycles. The van der Waals surface area contributed by atoms with Gasteiger partial charge in [-0.3, -0.25) is 4.79 Å². The fourth-order valence-corrected chi connectivity index (χ4v) is 4.52. The van der Waals surface area contributed by atoms with Gasteiger partial charge in [0, 0.05) is 18.7 Å². The van der Waals surface area contributed by atoms with Gasteiger partial charge >= 0.3 is 5.97 Å². The van der Waals surface area contributed by atoms with Crippen molar-refractivity contribution < 1.29 is 22.7 Å². The standard InChI is InChI=1S/C18H27ClN2O5S/c1-6-12(4)16(18(23)26-5)20-17(22)13-9-10-14(19)15(11-13)27(24,25)21(7-2)8-3/h9-12,16H,6-8H2,1-5H3,(H,20,22)/t12-,16-/m1/s1. The van der Waals surface area contributed by atoms with Gasteiger partial charge in [0.05, 0.1) is 12.1 Å². The molecule has 0 fully saturated rings. The van der Waals surface area contributed by atoms with Crippen molar-refractivity contribution in [1.29, 1.82) is 0 Å². The molecule has 0 saturated heterocycles. The fourth-order valence-electron chi connectivity index (χ4n) is 2.57. The van der Waals surface area contributed by atoms with Gasteiger partial charge in [-0.1, -0.05) is 45.7 Å². The Balaban J connectivity index is 3.25. The Kier molecular flexibility index (Phi) is 8.71. The topological polar surface area (TPSA) is 92.8 Å². The van der Waals surface area contributed by atoms with E-state index in [1.165, 1.54) is 29.6 Å². The summed E-state index contributed by atoms with van der Waals surface area (Å²) in [5.41, 5.74) is 0.0994. The van der Waals surface area contributed by atoms with Gasteiger partial charge in [0.15, 0.2) is 0 Å². The van der Waals surface area contributed by atoms with Crippen LogP contribution < -0.4 is 5.32 Å². The van der Waals surface area contributed by atoms with E-state index >= 15 is 0 Å². The van der Waals surface area contributed by atoms with Gasteiger partial charge in [-0.15, -0.1) is 0 Å². The summed E-state index contributed by atoms with van der Waals surface area (Å²) in [6.07, 6.45) is 0.655. The van der Waals surface area contributed by atoms with Crippen LogP contribution in [0.15, 0.2) is 23.1 Å². The predicted molar refractivity (Wildman–Crippen MR) is 104 cm³/mol. The van der Waals surface area contributed by atoms with Crippen LogP contribution in [-0.4, -0.2) is 50.8 Å². The van der Waals surface area contributed by atoms with Gasteiger partial charge in [0.2, 0.25) is 10.0 Å². The summed E-state index contributed by atoms with van der Waals surface area (Å²) in [5, 5.41) is 2.66. The molecule has 0 saturated carbocycles. The SMILES string of the molecule is CC[C@@H](C)[C@@H](NC(=O)c1ccc(Cl)c(S(=O)(=O)N(CC)CC)c1)C(=O)OC. The van der Waals surface area contributed by atoms with Crippen molar-refractivity contribution in [1.82, 2.24) is 9.62 Å². The number of rotatable bonds is 9. The monoisotopic (exact) mass is 418 g/mol. The highest BCUT2D eigenvalue weighted by molar-refractivity contribution is 7.89. The molecule has 1 aromatic rings. The molecule has 0 spiro atoms. The maximum absolute atomic E-state index is 12.8. The van der Waals surface area contributed by atoms with Crippen LogP contribution in [0.3, 0.4) is 0 Å². The molecule has 0 bridgehead atoms. The molecule has 152 valence electrons. The molecule has 0 unspecified atom stereocenters. The quantitative estimate of drug-likeness (QED) is 0.622. The Bertz CT molecular complexity index is 778. The van der Waals surface area contributed by atoms with Crippen LogP contribution in [-0.2, 0) is 19.6 Å². The van der Waals surface area contributed by atoms with Crippen LogP contribution in [0.5, 0.6) is 0 Å². The molecule has 7 nitrogen and oxygen atoms in total. The number of hydrogen-bond donors (Lipinski definition) is 1. The Morgan fingerprint density at radius 3 is 2.30 bits per heavy atom. The minimum Gasteiger partial charge on any atom is -0.467 e. The zero-order chi connectivity index (χ0) is 20.8. The van der Waals surface area contributed by atoms with Crippen LogP contribution in [0.4, 0.5) is 0 Å². The third-order valence-corrected chi connectivity index (χ3v) is 7.00. The first kappa shape index (κ1) is 23.4. The number of methoxy groups -OCH3 is 1. The average molecular weight is 419 g/mol. The van der Waals surface area contributed by atoms with Crippen molar-refractivity contribution in [2.24, 2.45) is 5.92 Å². The minimum absolute atomic E-state index is 0.0323. The number of sulfonamides is 1. The molecule has 1 rings (SSSR count). The van der Waals surface area contributed by atoms with Gasteiger partial charge in [-0.2, -0.15) is 4.31 Å². The van der Waals surface area contributed by atoms with Gasteiger partial charge in [-0.25, -0.2) is 13.2 Å². The van der Waals surface area contributed by atoms with Gasteiger partial charge in [0.1, 0.15) is 10.9 Å². The van der Waals surface area contributed by atoms with E-state index in [0.29, 0.717) is 6.42 Å². The molecule has 0 radical (unpaired) electrons. The zero-order valence-electron chi connectivity index (χ0n) is 16.3. The van der Waals surface area contributed by atoms with E-state index in [1.54, 1.807) is 13.8 Å². The molecular weight excluding hydrogens is 392 g/mol. The van der Waals surface area contributed by atoms with E-state index in [1.807, 2.05) is 13.8 Å². The maximum Gasteiger partial charge on any atom is 0.328 e. The first-order chi connectivity index (χ1) is 12.6. The Hall–Kier alpha value is -1.64. The molecule has 27 heavy (non-hydrogen) atoms. The molecule has 1 aromatic carbocycles. The lowest BCUT2D eigenvalue weighted by atomic mass is 9.99. The second-order valence-corrected chi connectivity index (χ2v) is 8.41. The summed E-state index contributed by atoms with van der Waals surface area (Å²) in [6, 6.07) is 3.19. The number of esters is 1. The Labute approximate surface area is 166 Å². The molecule has 0 aliphatic carbocycles. The number of hydrogen-bond acceptors (Lipinski definition) is 5. The number of halogens is 1. The summed E-state index contributed by atoms with van der Waals surface area (Å²) in [4.78, 5) is 24.5. The number of carbonyl (C=O) groups excluding carboxylic acids is 2. The van der Waals surface area contributed by atoms with Crippen LogP contribution >= 0.6 is 11.6 Å². The van der Waals surface area contributed by atoms with E-state index in [9.17, 15) is 18.0 Å². The third-order valence-electron chi connectivity index (χ3n) is 4.47. The lowest BCUT2D eigenvalue weighted by molar-refractivity contribution is -0.144. The van der Waals surface area contributed by atoms with Crippen molar-refractivity contribution in [3.8, 4) is 0 Å². The summed E-state index contributed by atoms with van der Waals surface area (Å²) in [5.74, 6) is -1.27. The lowest BCUT2D eigenvalue weighted by Gasteiger charge is -2.22. The molecule has 9 heteroatoms. The van der Waals surface area contributed by atoms with Crippen LogP contribution in [0.2, 0.25) is 5.02 Å². The van der Waals surface area contributed by atoms with Crippen molar-refractivity contribution in [2.75, 3.05) is 20.2 Å². The summed E-state index contributed by atoms with van der Waals surface area (Å²) in [6.45, 7) is 7.72. The summed E-state index contributed by atoms with van der Waals surface area (Å²) >= 11 is 6.08. The molecule has 1 amide bonds. The highest BCUT2D eigenvalue weighted by Crippen LogP contribution is 2.26. The minimum atomic E-state index is -3.83. The maximum atomic E-state index is 12.8. The van der Waals surface area contributed by atoms with Crippen molar-refractivity contribution in [2.45, 2.75) is 45.1 Å². The highest BCUT2D eigenvalue weighted by Gasteiger charge is 2.29. The van der Waals surface area contributed by atoms with E-state index in [0.717, 1.165) is 0 Å². The smallest absolute Gasteiger partial charge is 0.328 e. The zero-order valence-corrected chi connectivity index (χ0v) is 17.9. The predicted octanol–water partition coefficient (Wildman–Crippen LogP) is 2.69. The van der Waals surface area contributed by atoms with E-state index in [2.05, 4.69) is 5.32 Å². The summed E-state index contributed by atoms with van der Waals surface area (Å²) in [7, 11) is -2.58. The Morgan fingerprint density at radius 2 is 1.81 bits per heavy atom. The van der Waals surface area contributed by atoms with Gasteiger partial charge < -0.3 is 10.1 Å². The van der Waals surface area contributed by atoms with E-state index in [-0.39, 0.29) is 34.5 Å². The number of amides is 1. The lowest BCUT2D eigenvalue weighted by Crippen LogP contribution is -2.45. The number of nitrogens with zero attached hydrogens (tertiary/aromatic N) is 1. The molecule has 2 atom stereocenters. The molecular formula is C18H27ClN2O5S. The number of carbonyl (C=O) groups is 2. The van der Waals surface area contributed by atoms with Crippen molar-refractivity contribution >= 4 is 33.5 Å². The molecule has 0 aromatic heterocycles. The number of ether oxygens (including phenoxy) is 1. The van der Waals surface area contributed by atoms with Crippen LogP contribution in [0, 0.1) is 5.92 Å². The van der Waals surface area contributed by atoms with Crippen LogP contribution in [0.1, 0.15) is 44.5 Å². The largest absolute Gasteiger partial charge is 0.467 e. The average Bonchev–Trinajstić information content (AvgIpc) is 2.65. The molecule has 0 aliphatic rings. The number of nitrogens with one attached hydrogen (secondary N) is 1. The van der Waals surface area contributed by atoms with E-state index in [4.69, 9.17) is 16.3 Å². The number of benzene rings is 1. The normalized spacial score (nSPS) is 13.9.